The number of hydrogen-bond acceptors (Lipinski definition) is 4. The van der Waals surface area contributed by atoms with Crippen LogP contribution in [0, 0.1) is 0 Å². The molecule has 2 atom stereocenters. The van der Waals surface area contributed by atoms with E-state index in [0.717, 1.165) is 38.1 Å². The van der Waals surface area contributed by atoms with E-state index in [1.807, 2.05) is 24.3 Å². The molecule has 1 heterocycles. The molecular weight excluding hydrogens is 240 g/mol. The molecule has 1 aromatic rings. The summed E-state index contributed by atoms with van der Waals surface area (Å²) in [7, 11) is 0. The zero-order chi connectivity index (χ0) is 13.7. The van der Waals surface area contributed by atoms with Crippen molar-refractivity contribution in [3.63, 3.8) is 0 Å². The minimum atomic E-state index is -0.496. The first-order chi connectivity index (χ1) is 9.19. The maximum Gasteiger partial charge on any atom is 0.0917 e. The summed E-state index contributed by atoms with van der Waals surface area (Å²) >= 11 is 0. The number of aliphatic hydroxyl groups is 1. The SMILES string of the molecule is CCN(CC1CCCO1)CC(O)c1cccc(N)c1. The molecule has 2 unspecified atom stereocenters. The third-order valence-electron chi connectivity index (χ3n) is 3.66. The van der Waals surface area contributed by atoms with E-state index in [9.17, 15) is 5.11 Å². The van der Waals surface area contributed by atoms with Crippen LogP contribution in [0.1, 0.15) is 31.4 Å². The molecule has 1 aliphatic heterocycles. The first kappa shape index (κ1) is 14.3. The maximum atomic E-state index is 10.3. The first-order valence-electron chi connectivity index (χ1n) is 7.06. The van der Waals surface area contributed by atoms with Gasteiger partial charge in [0.15, 0.2) is 0 Å². The van der Waals surface area contributed by atoms with Gasteiger partial charge in [-0.2, -0.15) is 0 Å². The quantitative estimate of drug-likeness (QED) is 0.769. The average molecular weight is 264 g/mol. The normalized spacial score (nSPS) is 20.9. The second kappa shape index (κ2) is 6.89. The zero-order valence-corrected chi connectivity index (χ0v) is 11.6. The van der Waals surface area contributed by atoms with Gasteiger partial charge in [0, 0.05) is 25.4 Å². The lowest BCUT2D eigenvalue weighted by atomic mass is 10.1. The molecule has 0 saturated carbocycles. The summed E-state index contributed by atoms with van der Waals surface area (Å²) in [5.74, 6) is 0. The Hall–Kier alpha value is -1.10. The number of nitrogens with zero attached hydrogens (tertiary/aromatic N) is 1. The fraction of sp³-hybridized carbons (Fsp3) is 0.600. The van der Waals surface area contributed by atoms with Gasteiger partial charge in [-0.3, -0.25) is 4.90 Å². The van der Waals surface area contributed by atoms with Crippen LogP contribution in [0.3, 0.4) is 0 Å². The van der Waals surface area contributed by atoms with Crippen molar-refractivity contribution in [2.24, 2.45) is 0 Å². The maximum absolute atomic E-state index is 10.3. The Bertz CT molecular complexity index is 391. The highest BCUT2D eigenvalue weighted by atomic mass is 16.5. The smallest absolute Gasteiger partial charge is 0.0917 e. The summed E-state index contributed by atoms with van der Waals surface area (Å²) in [6.07, 6.45) is 2.11. The number of benzene rings is 1. The van der Waals surface area contributed by atoms with Crippen LogP contribution in [0.15, 0.2) is 24.3 Å². The lowest BCUT2D eigenvalue weighted by Crippen LogP contribution is -2.35. The number of likely N-dealkylation sites (N-methyl/N-ethyl adjacent to an activating group) is 1. The Balaban J connectivity index is 1.89. The highest BCUT2D eigenvalue weighted by Gasteiger charge is 2.20. The summed E-state index contributed by atoms with van der Waals surface area (Å²) < 4.78 is 5.65. The van der Waals surface area contributed by atoms with Crippen molar-refractivity contribution in [3.05, 3.63) is 29.8 Å². The lowest BCUT2D eigenvalue weighted by molar-refractivity contribution is 0.0516. The molecule has 2 rings (SSSR count). The average Bonchev–Trinajstić information content (AvgIpc) is 2.90. The molecule has 0 spiro atoms. The molecule has 1 aliphatic rings. The van der Waals surface area contributed by atoms with E-state index in [4.69, 9.17) is 10.5 Å². The first-order valence-corrected chi connectivity index (χ1v) is 7.06. The monoisotopic (exact) mass is 264 g/mol. The van der Waals surface area contributed by atoms with Crippen molar-refractivity contribution in [2.45, 2.75) is 32.0 Å². The van der Waals surface area contributed by atoms with Crippen molar-refractivity contribution < 1.29 is 9.84 Å². The lowest BCUT2D eigenvalue weighted by Gasteiger charge is -2.26. The van der Waals surface area contributed by atoms with Crippen molar-refractivity contribution >= 4 is 5.69 Å². The molecule has 4 heteroatoms. The van der Waals surface area contributed by atoms with Gasteiger partial charge in [-0.25, -0.2) is 0 Å². The van der Waals surface area contributed by atoms with Gasteiger partial charge in [-0.15, -0.1) is 0 Å². The second-order valence-corrected chi connectivity index (χ2v) is 5.17. The van der Waals surface area contributed by atoms with Gasteiger partial charge in [-0.1, -0.05) is 19.1 Å². The number of rotatable bonds is 6. The fourth-order valence-electron chi connectivity index (χ4n) is 2.53. The summed E-state index contributed by atoms with van der Waals surface area (Å²) in [5.41, 5.74) is 7.32. The van der Waals surface area contributed by atoms with Crippen molar-refractivity contribution in [1.29, 1.82) is 0 Å². The van der Waals surface area contributed by atoms with E-state index in [2.05, 4.69) is 11.8 Å². The van der Waals surface area contributed by atoms with Crippen LogP contribution >= 0.6 is 0 Å². The van der Waals surface area contributed by atoms with Crippen LogP contribution in [0.4, 0.5) is 5.69 Å². The van der Waals surface area contributed by atoms with Gasteiger partial charge in [0.25, 0.3) is 0 Å². The third-order valence-corrected chi connectivity index (χ3v) is 3.66. The van der Waals surface area contributed by atoms with Gasteiger partial charge in [-0.05, 0) is 37.1 Å². The fourth-order valence-corrected chi connectivity index (χ4v) is 2.53. The highest BCUT2D eigenvalue weighted by molar-refractivity contribution is 5.41. The van der Waals surface area contributed by atoms with Gasteiger partial charge < -0.3 is 15.6 Å². The number of nitrogens with two attached hydrogens (primary N) is 1. The zero-order valence-electron chi connectivity index (χ0n) is 11.6. The summed E-state index contributed by atoms with van der Waals surface area (Å²) in [6, 6.07) is 7.47. The van der Waals surface area contributed by atoms with Gasteiger partial charge in [0.1, 0.15) is 0 Å². The van der Waals surface area contributed by atoms with Gasteiger partial charge >= 0.3 is 0 Å². The molecule has 0 bridgehead atoms. The van der Waals surface area contributed by atoms with E-state index >= 15 is 0 Å². The van der Waals surface area contributed by atoms with E-state index in [1.165, 1.54) is 0 Å². The van der Waals surface area contributed by atoms with Crippen molar-refractivity contribution in [3.8, 4) is 0 Å². The van der Waals surface area contributed by atoms with Gasteiger partial charge in [0.05, 0.1) is 12.2 Å². The molecule has 3 N–H and O–H groups in total. The van der Waals surface area contributed by atoms with Crippen LogP contribution in [0.25, 0.3) is 0 Å². The predicted molar refractivity (Wildman–Crippen MR) is 76.9 cm³/mol. The van der Waals surface area contributed by atoms with Crippen molar-refractivity contribution in [1.82, 2.24) is 4.90 Å². The van der Waals surface area contributed by atoms with E-state index in [-0.39, 0.29) is 0 Å². The third kappa shape index (κ3) is 4.20. The molecular formula is C15H24N2O2. The van der Waals surface area contributed by atoms with E-state index < -0.39 is 6.10 Å². The largest absolute Gasteiger partial charge is 0.399 e. The number of aliphatic hydroxyl groups excluding tert-OH is 1. The Labute approximate surface area is 115 Å². The minimum absolute atomic E-state index is 0.327. The molecule has 1 aromatic carbocycles. The molecule has 0 radical (unpaired) electrons. The predicted octanol–water partition coefficient (Wildman–Crippen LogP) is 1.80. The molecule has 4 nitrogen and oxygen atoms in total. The van der Waals surface area contributed by atoms with Crippen LogP contribution in [-0.2, 0) is 4.74 Å². The van der Waals surface area contributed by atoms with E-state index in [1.54, 1.807) is 0 Å². The highest BCUT2D eigenvalue weighted by Crippen LogP contribution is 2.19. The van der Waals surface area contributed by atoms with E-state index in [0.29, 0.717) is 18.3 Å². The minimum Gasteiger partial charge on any atom is -0.399 e. The molecule has 0 aliphatic carbocycles. The topological polar surface area (TPSA) is 58.7 Å². The molecule has 0 amide bonds. The number of anilines is 1. The Morgan fingerprint density at radius 2 is 2.37 bits per heavy atom. The van der Waals surface area contributed by atoms with Gasteiger partial charge in [0.2, 0.25) is 0 Å². The van der Waals surface area contributed by atoms with Crippen molar-refractivity contribution in [2.75, 3.05) is 32.0 Å². The van der Waals surface area contributed by atoms with Crippen LogP contribution < -0.4 is 5.73 Å². The molecule has 106 valence electrons. The summed E-state index contributed by atoms with van der Waals surface area (Å²) in [5, 5.41) is 10.3. The molecule has 1 saturated heterocycles. The molecule has 19 heavy (non-hydrogen) atoms. The van der Waals surface area contributed by atoms with Crippen LogP contribution in [0.5, 0.6) is 0 Å². The molecule has 1 fully saturated rings. The Kier molecular flexibility index (Phi) is 5.19. The summed E-state index contributed by atoms with van der Waals surface area (Å²) in [4.78, 5) is 2.24. The molecule has 0 aromatic heterocycles. The number of nitrogen functional groups attached to an aromatic ring is 1. The standard InChI is InChI=1S/C15H24N2O2/c1-2-17(10-14-7-4-8-19-14)11-15(18)12-5-3-6-13(16)9-12/h3,5-6,9,14-15,18H,2,4,7-8,10-11,16H2,1H3. The second-order valence-electron chi connectivity index (χ2n) is 5.17. The number of hydrogen-bond donors (Lipinski definition) is 2. The summed E-state index contributed by atoms with van der Waals surface area (Å²) in [6.45, 7) is 5.43. The Morgan fingerprint density at radius 1 is 1.53 bits per heavy atom. The Morgan fingerprint density at radius 3 is 3.00 bits per heavy atom. The van der Waals surface area contributed by atoms with Crippen LogP contribution in [-0.4, -0.2) is 42.4 Å². The van der Waals surface area contributed by atoms with Crippen LogP contribution in [0.2, 0.25) is 0 Å². The number of ether oxygens (including phenoxy) is 1.